The molecule has 1 aromatic heterocycles. The van der Waals surface area contributed by atoms with Gasteiger partial charge in [0.1, 0.15) is 5.82 Å². The second-order valence-corrected chi connectivity index (χ2v) is 5.00. The normalized spacial score (nSPS) is 10.8. The maximum atomic E-state index is 12.2. The fourth-order valence-electron chi connectivity index (χ4n) is 2.30. The lowest BCUT2D eigenvalue weighted by Crippen LogP contribution is -2.10. The van der Waals surface area contributed by atoms with E-state index in [9.17, 15) is 14.9 Å². The quantitative estimate of drug-likeness (QED) is 0.590. The standard InChI is InChI=1S/C16H13N3O4/c1-23-9-10-2-4-11(5-3-10)15-17-14-7-6-12(19(21)22)8-13(14)16(20)18-15/h2-8H,9H2,1H3,(H,17,18,20). The molecule has 23 heavy (non-hydrogen) atoms. The first kappa shape index (κ1) is 14.9. The van der Waals surface area contributed by atoms with Gasteiger partial charge >= 0.3 is 0 Å². The van der Waals surface area contributed by atoms with Crippen molar-refractivity contribution in [1.29, 1.82) is 0 Å². The van der Waals surface area contributed by atoms with Gasteiger partial charge in [0.25, 0.3) is 11.2 Å². The van der Waals surface area contributed by atoms with Crippen LogP contribution in [0.15, 0.2) is 47.3 Å². The molecule has 0 saturated carbocycles. The number of aromatic amines is 1. The highest BCUT2D eigenvalue weighted by Crippen LogP contribution is 2.20. The number of ether oxygens (including phenoxy) is 1. The lowest BCUT2D eigenvalue weighted by atomic mass is 10.1. The zero-order valence-corrected chi connectivity index (χ0v) is 12.3. The average Bonchev–Trinajstić information content (AvgIpc) is 2.55. The Labute approximate surface area is 130 Å². The lowest BCUT2D eigenvalue weighted by Gasteiger charge is -2.05. The first-order chi connectivity index (χ1) is 11.1. The van der Waals surface area contributed by atoms with Crippen molar-refractivity contribution in [2.24, 2.45) is 0 Å². The first-order valence-corrected chi connectivity index (χ1v) is 6.85. The van der Waals surface area contributed by atoms with E-state index in [1.165, 1.54) is 18.2 Å². The molecule has 0 unspecified atom stereocenters. The second kappa shape index (κ2) is 5.98. The number of H-pyrrole nitrogens is 1. The topological polar surface area (TPSA) is 98.1 Å². The number of nitro benzene ring substituents is 1. The maximum absolute atomic E-state index is 12.2. The summed E-state index contributed by atoms with van der Waals surface area (Å²) in [5.41, 5.74) is 1.63. The third-order valence-corrected chi connectivity index (χ3v) is 3.44. The number of hydrogen-bond donors (Lipinski definition) is 1. The molecule has 116 valence electrons. The molecular weight excluding hydrogens is 298 g/mol. The molecule has 2 aromatic carbocycles. The van der Waals surface area contributed by atoms with E-state index in [1.54, 1.807) is 7.11 Å². The van der Waals surface area contributed by atoms with Gasteiger partial charge < -0.3 is 9.72 Å². The van der Waals surface area contributed by atoms with Gasteiger partial charge in [-0.25, -0.2) is 4.98 Å². The molecular formula is C16H13N3O4. The van der Waals surface area contributed by atoms with E-state index in [2.05, 4.69) is 9.97 Å². The minimum atomic E-state index is -0.540. The molecule has 0 fully saturated rings. The molecule has 0 bridgehead atoms. The predicted molar refractivity (Wildman–Crippen MR) is 85.2 cm³/mol. The van der Waals surface area contributed by atoms with E-state index in [0.717, 1.165) is 11.1 Å². The predicted octanol–water partition coefficient (Wildman–Crippen LogP) is 2.64. The number of methoxy groups -OCH3 is 1. The van der Waals surface area contributed by atoms with Crippen molar-refractivity contribution in [1.82, 2.24) is 9.97 Å². The van der Waals surface area contributed by atoms with Crippen LogP contribution < -0.4 is 5.56 Å². The molecule has 1 heterocycles. The van der Waals surface area contributed by atoms with Crippen LogP contribution in [0.5, 0.6) is 0 Å². The first-order valence-electron chi connectivity index (χ1n) is 6.85. The zero-order valence-electron chi connectivity index (χ0n) is 12.3. The molecule has 0 aliphatic heterocycles. The van der Waals surface area contributed by atoms with Crippen LogP contribution in [0.3, 0.4) is 0 Å². The summed E-state index contributed by atoms with van der Waals surface area (Å²) >= 11 is 0. The summed E-state index contributed by atoms with van der Waals surface area (Å²) in [6, 6.07) is 11.5. The van der Waals surface area contributed by atoms with E-state index in [0.29, 0.717) is 17.9 Å². The molecule has 0 amide bonds. The zero-order chi connectivity index (χ0) is 16.4. The Balaban J connectivity index is 2.07. The summed E-state index contributed by atoms with van der Waals surface area (Å²) in [7, 11) is 1.62. The summed E-state index contributed by atoms with van der Waals surface area (Å²) in [5.74, 6) is 0.417. The summed E-state index contributed by atoms with van der Waals surface area (Å²) in [6.07, 6.45) is 0. The Morgan fingerprint density at radius 2 is 1.96 bits per heavy atom. The van der Waals surface area contributed by atoms with Crippen LogP contribution in [0.1, 0.15) is 5.56 Å². The second-order valence-electron chi connectivity index (χ2n) is 5.00. The van der Waals surface area contributed by atoms with Gasteiger partial charge in [-0.1, -0.05) is 24.3 Å². The van der Waals surface area contributed by atoms with E-state index in [-0.39, 0.29) is 11.1 Å². The van der Waals surface area contributed by atoms with Gasteiger partial charge in [-0.3, -0.25) is 14.9 Å². The minimum Gasteiger partial charge on any atom is -0.380 e. The van der Waals surface area contributed by atoms with Crippen LogP contribution >= 0.6 is 0 Å². The fourth-order valence-corrected chi connectivity index (χ4v) is 2.30. The summed E-state index contributed by atoms with van der Waals surface area (Å²) < 4.78 is 5.05. The van der Waals surface area contributed by atoms with Gasteiger partial charge in [-0.15, -0.1) is 0 Å². The number of aromatic nitrogens is 2. The van der Waals surface area contributed by atoms with Crippen LogP contribution in [-0.4, -0.2) is 22.0 Å². The van der Waals surface area contributed by atoms with Crippen molar-refractivity contribution in [2.45, 2.75) is 6.61 Å². The highest BCUT2D eigenvalue weighted by Gasteiger charge is 2.11. The Morgan fingerprint density at radius 3 is 2.61 bits per heavy atom. The number of non-ortho nitro benzene ring substituents is 1. The summed E-state index contributed by atoms with van der Waals surface area (Å²) in [4.78, 5) is 29.5. The molecule has 7 heteroatoms. The molecule has 0 spiro atoms. The Bertz CT molecular complexity index is 932. The van der Waals surface area contributed by atoms with Crippen LogP contribution in [0, 0.1) is 10.1 Å². The van der Waals surface area contributed by atoms with Crippen molar-refractivity contribution in [3.63, 3.8) is 0 Å². The van der Waals surface area contributed by atoms with Crippen molar-refractivity contribution >= 4 is 16.6 Å². The molecule has 1 N–H and O–H groups in total. The number of nitrogens with zero attached hydrogens (tertiary/aromatic N) is 2. The van der Waals surface area contributed by atoms with Crippen LogP contribution in [0.2, 0.25) is 0 Å². The van der Waals surface area contributed by atoms with Gasteiger partial charge in [0.05, 0.1) is 22.4 Å². The highest BCUT2D eigenvalue weighted by molar-refractivity contribution is 5.81. The van der Waals surface area contributed by atoms with Crippen LogP contribution in [0.4, 0.5) is 5.69 Å². The van der Waals surface area contributed by atoms with E-state index >= 15 is 0 Å². The number of fused-ring (bicyclic) bond motifs is 1. The minimum absolute atomic E-state index is 0.138. The van der Waals surface area contributed by atoms with E-state index in [1.807, 2.05) is 24.3 Å². The van der Waals surface area contributed by atoms with Gasteiger partial charge in [-0.2, -0.15) is 0 Å². The molecule has 7 nitrogen and oxygen atoms in total. The van der Waals surface area contributed by atoms with Gasteiger partial charge in [-0.05, 0) is 11.6 Å². The average molecular weight is 311 g/mol. The summed E-state index contributed by atoms with van der Waals surface area (Å²) in [5, 5.41) is 11.0. The Kier molecular flexibility index (Phi) is 3.86. The Hall–Kier alpha value is -3.06. The molecule has 0 atom stereocenters. The molecule has 0 aliphatic rings. The van der Waals surface area contributed by atoms with E-state index in [4.69, 9.17) is 4.74 Å². The molecule has 3 rings (SSSR count). The number of benzene rings is 2. The van der Waals surface area contributed by atoms with Crippen molar-refractivity contribution in [3.8, 4) is 11.4 Å². The van der Waals surface area contributed by atoms with Crippen molar-refractivity contribution in [3.05, 3.63) is 68.5 Å². The molecule has 0 aliphatic carbocycles. The number of nitro groups is 1. The number of nitrogens with one attached hydrogen (secondary N) is 1. The monoisotopic (exact) mass is 311 g/mol. The van der Waals surface area contributed by atoms with Crippen LogP contribution in [-0.2, 0) is 11.3 Å². The number of rotatable bonds is 4. The van der Waals surface area contributed by atoms with Crippen LogP contribution in [0.25, 0.3) is 22.3 Å². The summed E-state index contributed by atoms with van der Waals surface area (Å²) in [6.45, 7) is 0.506. The smallest absolute Gasteiger partial charge is 0.270 e. The molecule has 3 aromatic rings. The van der Waals surface area contributed by atoms with Gasteiger partial charge in [0.15, 0.2) is 0 Å². The van der Waals surface area contributed by atoms with E-state index < -0.39 is 10.5 Å². The number of hydrogen-bond acceptors (Lipinski definition) is 5. The maximum Gasteiger partial charge on any atom is 0.270 e. The highest BCUT2D eigenvalue weighted by atomic mass is 16.6. The SMILES string of the molecule is COCc1ccc(-c2nc3ccc([N+](=O)[O-])cc3c(=O)[nH]2)cc1. The van der Waals surface area contributed by atoms with Gasteiger partial charge in [0, 0.05) is 24.8 Å². The van der Waals surface area contributed by atoms with Crippen molar-refractivity contribution in [2.75, 3.05) is 7.11 Å². The fraction of sp³-hybridized carbons (Fsp3) is 0.125. The largest absolute Gasteiger partial charge is 0.380 e. The Morgan fingerprint density at radius 1 is 1.22 bits per heavy atom. The third kappa shape index (κ3) is 2.95. The van der Waals surface area contributed by atoms with Gasteiger partial charge in [0.2, 0.25) is 0 Å². The lowest BCUT2D eigenvalue weighted by molar-refractivity contribution is -0.384. The van der Waals surface area contributed by atoms with Crippen molar-refractivity contribution < 1.29 is 9.66 Å². The third-order valence-electron chi connectivity index (χ3n) is 3.44. The molecule has 0 saturated heterocycles. The molecule has 0 radical (unpaired) electrons.